The molecular formula is C23H14F2N2O3. The smallest absolute Gasteiger partial charge is 0.241 e. The average Bonchev–Trinajstić information content (AvgIpc) is 2.75. The van der Waals surface area contributed by atoms with Crippen molar-refractivity contribution in [3.8, 4) is 0 Å². The first kappa shape index (κ1) is 19.2. The van der Waals surface area contributed by atoms with Crippen molar-refractivity contribution < 1.29 is 23.5 Å². The number of aliphatic hydroxyl groups excluding tert-OH is 1. The van der Waals surface area contributed by atoms with Crippen LogP contribution in [-0.4, -0.2) is 22.5 Å². The average molecular weight is 404 g/mol. The molecule has 0 fully saturated rings. The van der Waals surface area contributed by atoms with Gasteiger partial charge in [0.2, 0.25) is 11.6 Å². The van der Waals surface area contributed by atoms with E-state index >= 15 is 0 Å². The predicted molar refractivity (Wildman–Crippen MR) is 109 cm³/mol. The number of ketones is 2. The van der Waals surface area contributed by atoms with Crippen molar-refractivity contribution in [2.75, 3.05) is 5.32 Å². The first-order chi connectivity index (χ1) is 14.4. The second-order valence-corrected chi connectivity index (χ2v) is 6.50. The normalized spacial score (nSPS) is 14.0. The van der Waals surface area contributed by atoms with E-state index < -0.39 is 29.0 Å². The lowest BCUT2D eigenvalue weighted by Crippen LogP contribution is -2.31. The second-order valence-electron chi connectivity index (χ2n) is 6.50. The Bertz CT molecular complexity index is 1210. The molecule has 0 saturated heterocycles. The first-order valence-electron chi connectivity index (χ1n) is 8.93. The summed E-state index contributed by atoms with van der Waals surface area (Å²) in [6, 6.07) is 16.5. The number of nitrogens with one attached hydrogen (secondary N) is 1. The number of rotatable bonds is 3. The number of hydrogen-bond donors (Lipinski definition) is 2. The molecule has 0 aromatic heterocycles. The quantitative estimate of drug-likeness (QED) is 0.372. The molecule has 2 N–H and O–H groups in total. The van der Waals surface area contributed by atoms with Gasteiger partial charge in [-0.15, -0.1) is 0 Å². The van der Waals surface area contributed by atoms with Crippen LogP contribution in [0.4, 0.5) is 20.2 Å². The Morgan fingerprint density at radius 2 is 1.33 bits per heavy atom. The lowest BCUT2D eigenvalue weighted by molar-refractivity contribution is -0.111. The summed E-state index contributed by atoms with van der Waals surface area (Å²) in [6.07, 6.45) is 0. The molecule has 3 aromatic carbocycles. The van der Waals surface area contributed by atoms with E-state index in [0.29, 0.717) is 5.69 Å². The highest BCUT2D eigenvalue weighted by molar-refractivity contribution is 6.58. The van der Waals surface area contributed by atoms with E-state index in [1.54, 1.807) is 12.1 Å². The molecule has 1 aliphatic rings. The largest absolute Gasteiger partial charge is 0.506 e. The number of Topliss-reactive ketones (excluding diaryl/α,β-unsaturated/α-hetero) is 2. The van der Waals surface area contributed by atoms with Gasteiger partial charge in [-0.05, 0) is 48.5 Å². The molecule has 5 nitrogen and oxygen atoms in total. The summed E-state index contributed by atoms with van der Waals surface area (Å²) >= 11 is 0. The van der Waals surface area contributed by atoms with E-state index in [1.807, 2.05) is 0 Å². The number of halogens is 2. The van der Waals surface area contributed by atoms with Gasteiger partial charge in [0, 0.05) is 16.8 Å². The molecule has 0 heterocycles. The SMILES string of the molecule is O=C1C(=O)c2ccccc2C(O)=C1C(=Nc1ccc(F)cc1)Nc1ccc(F)cc1. The Morgan fingerprint density at radius 3 is 1.97 bits per heavy atom. The summed E-state index contributed by atoms with van der Waals surface area (Å²) in [5, 5.41) is 13.6. The Balaban J connectivity index is 1.88. The van der Waals surface area contributed by atoms with Crippen LogP contribution in [0.1, 0.15) is 15.9 Å². The Kier molecular flexibility index (Phi) is 4.93. The van der Waals surface area contributed by atoms with Gasteiger partial charge in [0.1, 0.15) is 28.8 Å². The van der Waals surface area contributed by atoms with Gasteiger partial charge >= 0.3 is 0 Å². The second kappa shape index (κ2) is 7.71. The number of aliphatic imine (C=N–C) groups is 1. The van der Waals surface area contributed by atoms with Crippen LogP contribution in [0.15, 0.2) is 83.4 Å². The van der Waals surface area contributed by atoms with Crippen LogP contribution in [0.25, 0.3) is 5.76 Å². The standard InChI is InChI=1S/C23H14F2N2O3/c24-13-5-9-15(10-6-13)26-23(27-16-11-7-14(25)8-12-16)19-20(28)17-3-1-2-4-18(17)21(29)22(19)30/h1-12,28H,(H,26,27). The number of benzene rings is 3. The summed E-state index contributed by atoms with van der Waals surface area (Å²) in [7, 11) is 0. The molecule has 7 heteroatoms. The van der Waals surface area contributed by atoms with Crippen molar-refractivity contribution in [2.45, 2.75) is 0 Å². The highest BCUT2D eigenvalue weighted by atomic mass is 19.1. The van der Waals surface area contributed by atoms with Crippen LogP contribution in [-0.2, 0) is 4.79 Å². The molecule has 1 aliphatic carbocycles. The van der Waals surface area contributed by atoms with Gasteiger partial charge in [0.05, 0.1) is 5.69 Å². The lowest BCUT2D eigenvalue weighted by atomic mass is 9.88. The maximum absolute atomic E-state index is 13.3. The van der Waals surface area contributed by atoms with Crippen molar-refractivity contribution in [1.29, 1.82) is 0 Å². The molecule has 0 spiro atoms. The number of aliphatic hydroxyl groups is 1. The summed E-state index contributed by atoms with van der Waals surface area (Å²) in [4.78, 5) is 29.7. The van der Waals surface area contributed by atoms with Crippen LogP contribution in [0.5, 0.6) is 0 Å². The molecule has 4 rings (SSSR count). The van der Waals surface area contributed by atoms with Crippen molar-refractivity contribution in [2.24, 2.45) is 4.99 Å². The number of nitrogens with zero attached hydrogens (tertiary/aromatic N) is 1. The Labute approximate surface area is 170 Å². The van der Waals surface area contributed by atoms with Gasteiger partial charge in [-0.2, -0.15) is 0 Å². The summed E-state index contributed by atoms with van der Waals surface area (Å²) in [5.41, 5.74) is 0.612. The Morgan fingerprint density at radius 1 is 0.767 bits per heavy atom. The zero-order chi connectivity index (χ0) is 21.3. The van der Waals surface area contributed by atoms with Gasteiger partial charge in [-0.3, -0.25) is 9.59 Å². The molecule has 0 atom stereocenters. The van der Waals surface area contributed by atoms with Crippen LogP contribution >= 0.6 is 0 Å². The van der Waals surface area contributed by atoms with E-state index in [9.17, 15) is 23.5 Å². The van der Waals surface area contributed by atoms with Crippen LogP contribution in [0.2, 0.25) is 0 Å². The maximum atomic E-state index is 13.3. The Hall–Kier alpha value is -4.13. The highest BCUT2D eigenvalue weighted by Crippen LogP contribution is 2.30. The topological polar surface area (TPSA) is 78.8 Å². The molecule has 0 amide bonds. The molecule has 30 heavy (non-hydrogen) atoms. The molecule has 0 radical (unpaired) electrons. The van der Waals surface area contributed by atoms with Gasteiger partial charge in [0.15, 0.2) is 0 Å². The summed E-state index contributed by atoms with van der Waals surface area (Å²) in [5.74, 6) is -3.20. The van der Waals surface area contributed by atoms with E-state index in [1.165, 1.54) is 60.7 Å². The third-order valence-electron chi connectivity index (χ3n) is 4.51. The fraction of sp³-hybridized carbons (Fsp3) is 0. The van der Waals surface area contributed by atoms with Crippen LogP contribution in [0, 0.1) is 11.6 Å². The fourth-order valence-corrected chi connectivity index (χ4v) is 3.05. The van der Waals surface area contributed by atoms with Crippen LogP contribution in [0.3, 0.4) is 0 Å². The van der Waals surface area contributed by atoms with E-state index in [2.05, 4.69) is 10.3 Å². The molecule has 0 saturated carbocycles. The molecule has 0 bridgehead atoms. The number of fused-ring (bicyclic) bond motifs is 1. The number of anilines is 1. The molecule has 0 unspecified atom stereocenters. The number of carbonyl (C=O) groups excluding carboxylic acids is 2. The molecule has 148 valence electrons. The number of amidine groups is 1. The maximum Gasteiger partial charge on any atom is 0.241 e. The van der Waals surface area contributed by atoms with Gasteiger partial charge in [-0.25, -0.2) is 13.8 Å². The van der Waals surface area contributed by atoms with E-state index in [0.717, 1.165) is 0 Å². The minimum atomic E-state index is -0.943. The summed E-state index contributed by atoms with van der Waals surface area (Å²) in [6.45, 7) is 0. The van der Waals surface area contributed by atoms with Gasteiger partial charge in [0.25, 0.3) is 0 Å². The third-order valence-corrected chi connectivity index (χ3v) is 4.51. The molecule has 3 aromatic rings. The van der Waals surface area contributed by atoms with Crippen molar-refractivity contribution in [3.05, 3.63) is 101 Å². The van der Waals surface area contributed by atoms with Crippen molar-refractivity contribution in [3.63, 3.8) is 0 Å². The van der Waals surface area contributed by atoms with Gasteiger partial charge in [-0.1, -0.05) is 24.3 Å². The van der Waals surface area contributed by atoms with Crippen molar-refractivity contribution in [1.82, 2.24) is 0 Å². The first-order valence-corrected chi connectivity index (χ1v) is 8.93. The zero-order valence-corrected chi connectivity index (χ0v) is 15.4. The lowest BCUT2D eigenvalue weighted by Gasteiger charge is -2.20. The van der Waals surface area contributed by atoms with E-state index in [-0.39, 0.29) is 28.2 Å². The third kappa shape index (κ3) is 3.60. The minimum Gasteiger partial charge on any atom is -0.506 e. The molecule has 0 aliphatic heterocycles. The van der Waals surface area contributed by atoms with Crippen LogP contribution < -0.4 is 5.32 Å². The highest BCUT2D eigenvalue weighted by Gasteiger charge is 2.35. The fourth-order valence-electron chi connectivity index (χ4n) is 3.05. The molecular weight excluding hydrogens is 390 g/mol. The zero-order valence-electron chi connectivity index (χ0n) is 15.4. The summed E-state index contributed by atoms with van der Waals surface area (Å²) < 4.78 is 26.5. The number of hydrogen-bond acceptors (Lipinski definition) is 4. The predicted octanol–water partition coefficient (Wildman–Crippen LogP) is 4.84. The number of carbonyl (C=O) groups is 2. The van der Waals surface area contributed by atoms with Crippen molar-refractivity contribution >= 4 is 34.5 Å². The monoisotopic (exact) mass is 404 g/mol. The van der Waals surface area contributed by atoms with E-state index in [4.69, 9.17) is 0 Å². The minimum absolute atomic E-state index is 0.0895. The van der Waals surface area contributed by atoms with Gasteiger partial charge < -0.3 is 10.4 Å².